The number of thiazole rings is 1. The van der Waals surface area contributed by atoms with Gasteiger partial charge in [-0.3, -0.25) is 4.98 Å². The molecule has 0 amide bonds. The van der Waals surface area contributed by atoms with E-state index in [2.05, 4.69) is 9.71 Å². The Kier molecular flexibility index (Phi) is 5.78. The van der Waals surface area contributed by atoms with E-state index in [1.165, 1.54) is 12.1 Å². The lowest BCUT2D eigenvalue weighted by molar-refractivity contribution is 0.482. The summed E-state index contributed by atoms with van der Waals surface area (Å²) in [4.78, 5) is 5.13. The molecule has 2 rings (SSSR count). The van der Waals surface area contributed by atoms with Crippen LogP contribution in [0.1, 0.15) is 50.5 Å². The predicted octanol–water partition coefficient (Wildman–Crippen LogP) is 4.05. The van der Waals surface area contributed by atoms with Crippen molar-refractivity contribution in [2.24, 2.45) is 0 Å². The second-order valence-electron chi connectivity index (χ2n) is 6.74. The summed E-state index contributed by atoms with van der Waals surface area (Å²) in [5, 5.41) is 0. The molecule has 132 valence electrons. The fraction of sp³-hybridized carbons (Fsp3) is 0.471. The summed E-state index contributed by atoms with van der Waals surface area (Å²) in [6.07, 6.45) is 2.43. The standard InChI is InChI=1S/C17H23FN2O2S2/c1-12(2)14-6-5-13(9-15(14)18)24(21,22)20-8-7-17(3,4)16-10-19-11-23-16/h5-6,9-12,20H,7-8H2,1-4H3. The number of nitrogens with one attached hydrogen (secondary N) is 1. The Hall–Kier alpha value is -1.31. The second-order valence-corrected chi connectivity index (χ2v) is 9.39. The summed E-state index contributed by atoms with van der Waals surface area (Å²) in [7, 11) is -3.72. The molecule has 1 N–H and O–H groups in total. The molecule has 0 spiro atoms. The lowest BCUT2D eigenvalue weighted by atomic mass is 9.88. The number of aromatic nitrogens is 1. The van der Waals surface area contributed by atoms with E-state index in [-0.39, 0.29) is 22.8 Å². The minimum Gasteiger partial charge on any atom is -0.253 e. The van der Waals surface area contributed by atoms with Gasteiger partial charge in [0.05, 0.1) is 10.4 Å². The van der Waals surface area contributed by atoms with Crippen LogP contribution in [0.15, 0.2) is 34.8 Å². The molecule has 4 nitrogen and oxygen atoms in total. The minimum atomic E-state index is -3.72. The number of sulfonamides is 1. The molecular formula is C17H23FN2O2S2. The number of halogens is 1. The number of nitrogens with zero attached hydrogens (tertiary/aromatic N) is 1. The smallest absolute Gasteiger partial charge is 0.240 e. The maximum absolute atomic E-state index is 14.0. The number of rotatable bonds is 7. The fourth-order valence-electron chi connectivity index (χ4n) is 2.40. The zero-order valence-electron chi connectivity index (χ0n) is 14.3. The molecule has 1 aromatic carbocycles. The Balaban J connectivity index is 2.05. The third-order valence-electron chi connectivity index (χ3n) is 4.05. The lowest BCUT2D eigenvalue weighted by Crippen LogP contribution is -2.29. The number of benzene rings is 1. The lowest BCUT2D eigenvalue weighted by Gasteiger charge is -2.22. The van der Waals surface area contributed by atoms with Crippen molar-refractivity contribution in [3.05, 3.63) is 46.2 Å². The van der Waals surface area contributed by atoms with Crippen LogP contribution in [0.2, 0.25) is 0 Å². The van der Waals surface area contributed by atoms with Crippen LogP contribution in [0.5, 0.6) is 0 Å². The van der Waals surface area contributed by atoms with Gasteiger partial charge in [0.2, 0.25) is 10.0 Å². The molecule has 0 bridgehead atoms. The predicted molar refractivity (Wildman–Crippen MR) is 95.4 cm³/mol. The number of hydrogen-bond donors (Lipinski definition) is 1. The molecule has 0 aliphatic heterocycles. The van der Waals surface area contributed by atoms with Crippen molar-refractivity contribution in [2.45, 2.75) is 50.3 Å². The average molecular weight is 371 g/mol. The normalized spacial score (nSPS) is 12.8. The average Bonchev–Trinajstić information content (AvgIpc) is 3.01. The van der Waals surface area contributed by atoms with Crippen LogP contribution >= 0.6 is 11.3 Å². The summed E-state index contributed by atoms with van der Waals surface area (Å²) < 4.78 is 41.3. The largest absolute Gasteiger partial charge is 0.253 e. The van der Waals surface area contributed by atoms with Gasteiger partial charge >= 0.3 is 0 Å². The molecule has 0 aliphatic rings. The molecule has 0 saturated carbocycles. The first-order valence-electron chi connectivity index (χ1n) is 7.81. The minimum absolute atomic E-state index is 0.00918. The monoisotopic (exact) mass is 370 g/mol. The van der Waals surface area contributed by atoms with Crippen LogP contribution in [0.4, 0.5) is 4.39 Å². The molecule has 0 unspecified atom stereocenters. The molecule has 1 aromatic heterocycles. The molecule has 1 heterocycles. The first-order chi connectivity index (χ1) is 11.1. The molecule has 0 fully saturated rings. The van der Waals surface area contributed by atoms with E-state index in [0.717, 1.165) is 10.9 Å². The highest BCUT2D eigenvalue weighted by Crippen LogP contribution is 2.29. The van der Waals surface area contributed by atoms with Gasteiger partial charge in [-0.1, -0.05) is 33.8 Å². The highest BCUT2D eigenvalue weighted by atomic mass is 32.2. The quantitative estimate of drug-likeness (QED) is 0.800. The van der Waals surface area contributed by atoms with Crippen LogP contribution in [-0.4, -0.2) is 19.9 Å². The molecule has 0 atom stereocenters. The van der Waals surface area contributed by atoms with Crippen LogP contribution in [0.3, 0.4) is 0 Å². The van der Waals surface area contributed by atoms with Gasteiger partial charge in [-0.25, -0.2) is 17.5 Å². The SMILES string of the molecule is CC(C)c1ccc(S(=O)(=O)NCCC(C)(C)c2cncs2)cc1F. The maximum atomic E-state index is 14.0. The van der Waals surface area contributed by atoms with Crippen molar-refractivity contribution in [1.29, 1.82) is 0 Å². The molecule has 0 aliphatic carbocycles. The van der Waals surface area contributed by atoms with Crippen LogP contribution in [0.25, 0.3) is 0 Å². The topological polar surface area (TPSA) is 59.1 Å². The van der Waals surface area contributed by atoms with Crippen molar-refractivity contribution >= 4 is 21.4 Å². The highest BCUT2D eigenvalue weighted by molar-refractivity contribution is 7.89. The summed E-state index contributed by atoms with van der Waals surface area (Å²) in [5.41, 5.74) is 2.11. The fourth-order valence-corrected chi connectivity index (χ4v) is 4.22. The van der Waals surface area contributed by atoms with Gasteiger partial charge in [-0.05, 0) is 30.0 Å². The van der Waals surface area contributed by atoms with Crippen molar-refractivity contribution < 1.29 is 12.8 Å². The van der Waals surface area contributed by atoms with E-state index in [4.69, 9.17) is 0 Å². The van der Waals surface area contributed by atoms with Crippen molar-refractivity contribution in [3.8, 4) is 0 Å². The third-order valence-corrected chi connectivity index (χ3v) is 6.64. The van der Waals surface area contributed by atoms with Crippen molar-refractivity contribution in [1.82, 2.24) is 9.71 Å². The molecule has 0 saturated heterocycles. The third kappa shape index (κ3) is 4.40. The van der Waals surface area contributed by atoms with Gasteiger partial charge in [-0.2, -0.15) is 0 Å². The van der Waals surface area contributed by atoms with Gasteiger partial charge < -0.3 is 0 Å². The van der Waals surface area contributed by atoms with Gasteiger partial charge in [0.25, 0.3) is 0 Å². The van der Waals surface area contributed by atoms with Crippen LogP contribution < -0.4 is 4.72 Å². The van der Waals surface area contributed by atoms with E-state index >= 15 is 0 Å². The Morgan fingerprint density at radius 3 is 2.58 bits per heavy atom. The zero-order chi connectivity index (χ0) is 18.0. The van der Waals surface area contributed by atoms with Crippen LogP contribution in [-0.2, 0) is 15.4 Å². The van der Waals surface area contributed by atoms with E-state index in [9.17, 15) is 12.8 Å². The summed E-state index contributed by atoms with van der Waals surface area (Å²) in [5.74, 6) is -0.479. The molecule has 7 heteroatoms. The Bertz CT molecular complexity index is 785. The van der Waals surface area contributed by atoms with E-state index in [0.29, 0.717) is 12.0 Å². The van der Waals surface area contributed by atoms with Crippen molar-refractivity contribution in [2.75, 3.05) is 6.54 Å². The Morgan fingerprint density at radius 2 is 2.04 bits per heavy atom. The molecule has 0 radical (unpaired) electrons. The zero-order valence-corrected chi connectivity index (χ0v) is 16.0. The summed E-state index contributed by atoms with van der Waals surface area (Å²) >= 11 is 1.55. The van der Waals surface area contributed by atoms with Crippen molar-refractivity contribution in [3.63, 3.8) is 0 Å². The molecular weight excluding hydrogens is 347 g/mol. The Labute approximate surface area is 147 Å². The maximum Gasteiger partial charge on any atom is 0.240 e. The summed E-state index contributed by atoms with van der Waals surface area (Å²) in [6.45, 7) is 8.11. The van der Waals surface area contributed by atoms with E-state index in [1.807, 2.05) is 27.7 Å². The van der Waals surface area contributed by atoms with Gasteiger partial charge in [0, 0.05) is 23.0 Å². The van der Waals surface area contributed by atoms with Gasteiger partial charge in [0.1, 0.15) is 5.82 Å². The summed E-state index contributed by atoms with van der Waals surface area (Å²) in [6, 6.07) is 4.08. The molecule has 24 heavy (non-hydrogen) atoms. The first-order valence-corrected chi connectivity index (χ1v) is 10.2. The molecule has 2 aromatic rings. The van der Waals surface area contributed by atoms with Gasteiger partial charge in [0.15, 0.2) is 0 Å². The Morgan fingerprint density at radius 1 is 1.33 bits per heavy atom. The second kappa shape index (κ2) is 7.29. The highest BCUT2D eigenvalue weighted by Gasteiger charge is 2.24. The van der Waals surface area contributed by atoms with E-state index < -0.39 is 15.8 Å². The first kappa shape index (κ1) is 19.0. The number of hydrogen-bond acceptors (Lipinski definition) is 4. The van der Waals surface area contributed by atoms with E-state index in [1.54, 1.807) is 23.0 Å². The van der Waals surface area contributed by atoms with Gasteiger partial charge in [-0.15, -0.1) is 11.3 Å². The van der Waals surface area contributed by atoms with Crippen LogP contribution in [0, 0.1) is 5.82 Å².